The molecule has 0 aliphatic carbocycles. The summed E-state index contributed by atoms with van der Waals surface area (Å²) in [6.07, 6.45) is 1.01. The van der Waals surface area contributed by atoms with Crippen LogP contribution in [0, 0.1) is 0 Å². The van der Waals surface area contributed by atoms with E-state index in [0.717, 1.165) is 5.56 Å². The first-order valence-electron chi connectivity index (χ1n) is 5.76. The van der Waals surface area contributed by atoms with Gasteiger partial charge in [-0.05, 0) is 25.3 Å². The van der Waals surface area contributed by atoms with Gasteiger partial charge in [0.2, 0.25) is 0 Å². The molecular weight excluding hydrogens is 216 g/mol. The van der Waals surface area contributed by atoms with Gasteiger partial charge in [0.25, 0.3) is 0 Å². The first kappa shape index (κ1) is 13.7. The third-order valence-electron chi connectivity index (χ3n) is 2.64. The lowest BCUT2D eigenvalue weighted by Crippen LogP contribution is -2.46. The minimum Gasteiger partial charge on any atom is -0.443 e. The van der Waals surface area contributed by atoms with Gasteiger partial charge in [-0.3, -0.25) is 10.5 Å². The highest BCUT2D eigenvalue weighted by molar-refractivity contribution is 5.76. The van der Waals surface area contributed by atoms with Crippen LogP contribution in [0.25, 0.3) is 0 Å². The van der Waals surface area contributed by atoms with E-state index in [2.05, 4.69) is 0 Å². The second kappa shape index (κ2) is 5.80. The summed E-state index contributed by atoms with van der Waals surface area (Å²) in [7, 11) is 0. The molecule has 0 saturated heterocycles. The van der Waals surface area contributed by atoms with Crippen molar-refractivity contribution < 1.29 is 9.53 Å². The number of hydrogen-bond donors (Lipinski definition) is 2. The quantitative estimate of drug-likeness (QED) is 0.594. The molecule has 0 spiro atoms. The van der Waals surface area contributed by atoms with Crippen LogP contribution in [0.15, 0.2) is 30.3 Å². The summed E-state index contributed by atoms with van der Waals surface area (Å²) in [6.45, 7) is 3.52. The highest BCUT2D eigenvalue weighted by atomic mass is 16.6. The molecule has 0 bridgehead atoms. The van der Waals surface area contributed by atoms with E-state index in [9.17, 15) is 4.79 Å². The van der Waals surface area contributed by atoms with Crippen LogP contribution in [0.3, 0.4) is 0 Å². The Bertz CT molecular complexity index is 363. The number of carbonyl (C=O) groups is 1. The number of carbonyl (C=O) groups excluding carboxylic acids is 1. The predicted molar refractivity (Wildman–Crippen MR) is 67.1 cm³/mol. The van der Waals surface area contributed by atoms with Crippen molar-refractivity contribution in [2.24, 2.45) is 11.5 Å². The number of hydrogen-bond acceptors (Lipinski definition) is 4. The van der Waals surface area contributed by atoms with E-state index in [1.807, 2.05) is 37.3 Å². The molecule has 94 valence electrons. The van der Waals surface area contributed by atoms with Gasteiger partial charge in [-0.25, -0.2) is 0 Å². The Kier molecular flexibility index (Phi) is 4.66. The molecule has 2 atom stereocenters. The molecule has 0 aliphatic rings. The predicted octanol–water partition coefficient (Wildman–Crippen LogP) is 1.18. The average molecular weight is 236 g/mol. The van der Waals surface area contributed by atoms with Crippen LogP contribution < -0.4 is 11.5 Å². The summed E-state index contributed by atoms with van der Waals surface area (Å²) in [5, 5.41) is 0. The zero-order valence-electron chi connectivity index (χ0n) is 10.3. The molecule has 1 aromatic rings. The van der Waals surface area contributed by atoms with Gasteiger partial charge in [-0.15, -0.1) is 0 Å². The van der Waals surface area contributed by atoms with Crippen molar-refractivity contribution in [1.29, 1.82) is 0 Å². The molecule has 4 nitrogen and oxygen atoms in total. The smallest absolute Gasteiger partial charge is 0.325 e. The van der Waals surface area contributed by atoms with Crippen molar-refractivity contribution in [3.05, 3.63) is 35.9 Å². The molecule has 1 aromatic carbocycles. The highest BCUT2D eigenvalue weighted by Crippen LogP contribution is 2.10. The average Bonchev–Trinajstić information content (AvgIpc) is 2.30. The molecule has 0 saturated carbocycles. The number of nitrogens with two attached hydrogens (primary N) is 2. The highest BCUT2D eigenvalue weighted by Gasteiger charge is 2.25. The topological polar surface area (TPSA) is 78.3 Å². The maximum Gasteiger partial charge on any atom is 0.325 e. The van der Waals surface area contributed by atoms with Crippen molar-refractivity contribution in [3.8, 4) is 0 Å². The third kappa shape index (κ3) is 4.54. The van der Waals surface area contributed by atoms with Crippen molar-refractivity contribution in [2.45, 2.75) is 38.5 Å². The number of ether oxygens (including phenoxy) is 1. The van der Waals surface area contributed by atoms with Gasteiger partial charge in [0.05, 0.1) is 0 Å². The van der Waals surface area contributed by atoms with Gasteiger partial charge in [0.1, 0.15) is 6.04 Å². The molecule has 1 rings (SSSR count). The molecule has 0 aliphatic heterocycles. The molecule has 0 heterocycles. The van der Waals surface area contributed by atoms with Gasteiger partial charge in [-0.1, -0.05) is 37.3 Å². The third-order valence-corrected chi connectivity index (χ3v) is 2.64. The lowest BCUT2D eigenvalue weighted by Gasteiger charge is -2.25. The summed E-state index contributed by atoms with van der Waals surface area (Å²) in [5.74, 6) is -0.458. The molecule has 0 radical (unpaired) electrons. The molecule has 0 amide bonds. The first-order valence-corrected chi connectivity index (χ1v) is 5.76. The monoisotopic (exact) mass is 236 g/mol. The van der Waals surface area contributed by atoms with Crippen molar-refractivity contribution in [2.75, 3.05) is 0 Å². The molecule has 17 heavy (non-hydrogen) atoms. The van der Waals surface area contributed by atoms with Crippen molar-refractivity contribution >= 4 is 5.97 Å². The van der Waals surface area contributed by atoms with E-state index in [1.54, 1.807) is 6.92 Å². The van der Waals surface area contributed by atoms with Crippen LogP contribution in [0.5, 0.6) is 0 Å². The zero-order chi connectivity index (χ0) is 12.9. The summed E-state index contributed by atoms with van der Waals surface area (Å²) in [6, 6.07) is 8.91. The van der Waals surface area contributed by atoms with Crippen LogP contribution in [-0.4, -0.2) is 17.7 Å². The molecule has 0 fully saturated rings. The van der Waals surface area contributed by atoms with Gasteiger partial charge in [0, 0.05) is 0 Å². The summed E-state index contributed by atoms with van der Waals surface area (Å²) >= 11 is 0. The van der Waals surface area contributed by atoms with Crippen LogP contribution >= 0.6 is 0 Å². The molecule has 1 unspecified atom stereocenters. The Balaban J connectivity index is 2.54. The summed E-state index contributed by atoms with van der Waals surface area (Å²) in [5.41, 5.74) is 11.6. The Labute approximate surface area is 102 Å². The molecule has 0 aromatic heterocycles. The first-order chi connectivity index (χ1) is 7.94. The van der Waals surface area contributed by atoms with Gasteiger partial charge in [0.15, 0.2) is 5.72 Å². The van der Waals surface area contributed by atoms with Gasteiger partial charge >= 0.3 is 5.97 Å². The van der Waals surface area contributed by atoms with E-state index in [-0.39, 0.29) is 0 Å². The van der Waals surface area contributed by atoms with Crippen molar-refractivity contribution in [1.82, 2.24) is 0 Å². The fraction of sp³-hybridized carbons (Fsp3) is 0.462. The normalized spacial score (nSPS) is 16.0. The number of rotatable bonds is 5. The maximum atomic E-state index is 11.7. The Morgan fingerprint density at radius 2 is 2.00 bits per heavy atom. The second-order valence-electron chi connectivity index (χ2n) is 4.38. The summed E-state index contributed by atoms with van der Waals surface area (Å²) in [4.78, 5) is 11.7. The Hall–Kier alpha value is -1.39. The van der Waals surface area contributed by atoms with E-state index in [4.69, 9.17) is 16.2 Å². The minimum absolute atomic E-state index is 0.458. The Morgan fingerprint density at radius 1 is 1.41 bits per heavy atom. The van der Waals surface area contributed by atoms with Crippen LogP contribution in [0.2, 0.25) is 0 Å². The molecule has 4 heteroatoms. The van der Waals surface area contributed by atoms with Crippen LogP contribution in [-0.2, 0) is 16.0 Å². The van der Waals surface area contributed by atoms with E-state index < -0.39 is 17.7 Å². The van der Waals surface area contributed by atoms with Crippen LogP contribution in [0.4, 0.5) is 0 Å². The number of esters is 1. The minimum atomic E-state index is -0.939. The van der Waals surface area contributed by atoms with Gasteiger partial charge in [-0.2, -0.15) is 0 Å². The fourth-order valence-electron chi connectivity index (χ4n) is 1.33. The zero-order valence-corrected chi connectivity index (χ0v) is 10.3. The molecule has 4 N–H and O–H groups in total. The lowest BCUT2D eigenvalue weighted by atomic mass is 10.1. The van der Waals surface area contributed by atoms with E-state index in [1.165, 1.54) is 0 Å². The largest absolute Gasteiger partial charge is 0.443 e. The van der Waals surface area contributed by atoms with E-state index >= 15 is 0 Å². The van der Waals surface area contributed by atoms with Crippen molar-refractivity contribution in [3.63, 3.8) is 0 Å². The van der Waals surface area contributed by atoms with Gasteiger partial charge < -0.3 is 10.5 Å². The second-order valence-corrected chi connectivity index (χ2v) is 4.38. The molecular formula is C13H20N2O2. The summed E-state index contributed by atoms with van der Waals surface area (Å²) < 4.78 is 5.13. The fourth-order valence-corrected chi connectivity index (χ4v) is 1.33. The maximum absolute atomic E-state index is 11.7. The van der Waals surface area contributed by atoms with E-state index in [0.29, 0.717) is 12.8 Å². The lowest BCUT2D eigenvalue weighted by molar-refractivity contribution is -0.159. The SMILES string of the molecule is CCC(C)(N)OC(=O)[C@@H](N)Cc1ccccc1. The number of benzene rings is 1. The Morgan fingerprint density at radius 3 is 2.53 bits per heavy atom. The standard InChI is InChI=1S/C13H20N2O2/c1-3-13(2,15)17-12(16)11(14)9-10-7-5-4-6-8-10/h4-8,11H,3,9,14-15H2,1-2H3/t11-,13?/m0/s1. The van der Waals surface area contributed by atoms with Crippen LogP contribution in [0.1, 0.15) is 25.8 Å².